The van der Waals surface area contributed by atoms with E-state index in [4.69, 9.17) is 5.73 Å². The van der Waals surface area contributed by atoms with Crippen molar-refractivity contribution in [1.29, 1.82) is 0 Å². The Balaban J connectivity index is 1.90. The average Bonchev–Trinajstić information content (AvgIpc) is 2.77. The maximum absolute atomic E-state index is 6.06. The Morgan fingerprint density at radius 1 is 1.47 bits per heavy atom. The average molecular weight is 221 g/mol. The van der Waals surface area contributed by atoms with Gasteiger partial charge in [0, 0.05) is 30.6 Å². The molecule has 2 aromatic heterocycles. The fourth-order valence-corrected chi connectivity index (χ4v) is 2.40. The van der Waals surface area contributed by atoms with E-state index in [0.29, 0.717) is 0 Å². The SMILES string of the molecule is Cn1ccc(CC(N)Cc2cccs2)n1. The highest BCUT2D eigenvalue weighted by Crippen LogP contribution is 2.12. The highest BCUT2D eigenvalue weighted by molar-refractivity contribution is 7.09. The molecule has 2 rings (SSSR count). The predicted molar refractivity (Wildman–Crippen MR) is 62.9 cm³/mol. The van der Waals surface area contributed by atoms with Crippen molar-refractivity contribution in [2.75, 3.05) is 0 Å². The molecule has 0 saturated heterocycles. The molecule has 2 heterocycles. The van der Waals surface area contributed by atoms with E-state index >= 15 is 0 Å². The van der Waals surface area contributed by atoms with E-state index in [1.807, 2.05) is 24.0 Å². The first-order valence-electron chi connectivity index (χ1n) is 5.00. The number of hydrogen-bond acceptors (Lipinski definition) is 3. The number of hydrogen-bond donors (Lipinski definition) is 1. The lowest BCUT2D eigenvalue weighted by molar-refractivity contribution is 0.643. The molecular formula is C11H15N3S. The van der Waals surface area contributed by atoms with Gasteiger partial charge in [-0.15, -0.1) is 11.3 Å². The van der Waals surface area contributed by atoms with Gasteiger partial charge in [-0.05, 0) is 23.9 Å². The van der Waals surface area contributed by atoms with Crippen LogP contribution < -0.4 is 5.73 Å². The monoisotopic (exact) mass is 221 g/mol. The smallest absolute Gasteiger partial charge is 0.0640 e. The minimum Gasteiger partial charge on any atom is -0.327 e. The van der Waals surface area contributed by atoms with Crippen molar-refractivity contribution < 1.29 is 0 Å². The van der Waals surface area contributed by atoms with E-state index < -0.39 is 0 Å². The van der Waals surface area contributed by atoms with Gasteiger partial charge in [-0.2, -0.15) is 5.10 Å². The van der Waals surface area contributed by atoms with Crippen LogP contribution >= 0.6 is 11.3 Å². The Morgan fingerprint density at radius 3 is 2.93 bits per heavy atom. The van der Waals surface area contributed by atoms with Gasteiger partial charge < -0.3 is 5.73 Å². The van der Waals surface area contributed by atoms with Crippen LogP contribution in [0.3, 0.4) is 0 Å². The summed E-state index contributed by atoms with van der Waals surface area (Å²) in [5, 5.41) is 6.41. The summed E-state index contributed by atoms with van der Waals surface area (Å²) >= 11 is 1.76. The van der Waals surface area contributed by atoms with Crippen LogP contribution in [0.25, 0.3) is 0 Å². The predicted octanol–water partition coefficient (Wildman–Crippen LogP) is 1.59. The van der Waals surface area contributed by atoms with Crippen LogP contribution in [0.15, 0.2) is 29.8 Å². The highest BCUT2D eigenvalue weighted by Gasteiger charge is 2.07. The maximum Gasteiger partial charge on any atom is 0.0640 e. The van der Waals surface area contributed by atoms with Crippen molar-refractivity contribution in [3.05, 3.63) is 40.3 Å². The molecule has 0 aliphatic rings. The van der Waals surface area contributed by atoms with Crippen LogP contribution in [0, 0.1) is 0 Å². The summed E-state index contributed by atoms with van der Waals surface area (Å²) in [4.78, 5) is 1.35. The fourth-order valence-electron chi connectivity index (χ4n) is 1.60. The van der Waals surface area contributed by atoms with Gasteiger partial charge in [0.05, 0.1) is 5.69 Å². The molecule has 1 atom stereocenters. The number of nitrogens with zero attached hydrogens (tertiary/aromatic N) is 2. The second-order valence-corrected chi connectivity index (χ2v) is 4.76. The molecule has 0 fully saturated rings. The molecule has 0 bridgehead atoms. The van der Waals surface area contributed by atoms with Gasteiger partial charge >= 0.3 is 0 Å². The maximum atomic E-state index is 6.06. The minimum atomic E-state index is 0.165. The minimum absolute atomic E-state index is 0.165. The topological polar surface area (TPSA) is 43.8 Å². The first kappa shape index (κ1) is 10.4. The second-order valence-electron chi connectivity index (χ2n) is 3.73. The number of aromatic nitrogens is 2. The van der Waals surface area contributed by atoms with E-state index in [9.17, 15) is 0 Å². The van der Waals surface area contributed by atoms with E-state index in [1.165, 1.54) is 4.88 Å². The molecule has 15 heavy (non-hydrogen) atoms. The van der Waals surface area contributed by atoms with Crippen molar-refractivity contribution in [3.63, 3.8) is 0 Å². The zero-order valence-electron chi connectivity index (χ0n) is 8.76. The number of rotatable bonds is 4. The van der Waals surface area contributed by atoms with Crippen molar-refractivity contribution >= 4 is 11.3 Å². The molecule has 2 aromatic rings. The first-order valence-corrected chi connectivity index (χ1v) is 5.88. The lowest BCUT2D eigenvalue weighted by atomic mass is 10.1. The van der Waals surface area contributed by atoms with E-state index in [1.54, 1.807) is 11.3 Å². The molecule has 80 valence electrons. The standard InChI is InChI=1S/C11H15N3S/c1-14-5-4-10(13-14)7-9(12)8-11-3-2-6-15-11/h2-6,9H,7-8,12H2,1H3. The Kier molecular flexibility index (Phi) is 3.18. The van der Waals surface area contributed by atoms with Gasteiger partial charge in [0.2, 0.25) is 0 Å². The lowest BCUT2D eigenvalue weighted by Gasteiger charge is -2.07. The van der Waals surface area contributed by atoms with Crippen molar-refractivity contribution in [3.8, 4) is 0 Å². The summed E-state index contributed by atoms with van der Waals surface area (Å²) < 4.78 is 1.81. The number of aryl methyl sites for hydroxylation is 1. The van der Waals surface area contributed by atoms with Gasteiger partial charge in [-0.1, -0.05) is 6.07 Å². The summed E-state index contributed by atoms with van der Waals surface area (Å²) in [5.74, 6) is 0. The number of nitrogens with two attached hydrogens (primary N) is 1. The molecule has 0 amide bonds. The second kappa shape index (κ2) is 4.59. The summed E-state index contributed by atoms with van der Waals surface area (Å²) in [6.45, 7) is 0. The third-order valence-corrected chi connectivity index (χ3v) is 3.18. The van der Waals surface area contributed by atoms with Gasteiger partial charge in [-0.25, -0.2) is 0 Å². The highest BCUT2D eigenvalue weighted by atomic mass is 32.1. The summed E-state index contributed by atoms with van der Waals surface area (Å²) in [6, 6.07) is 6.38. The van der Waals surface area contributed by atoms with Crippen LogP contribution in [0.1, 0.15) is 10.6 Å². The molecular weight excluding hydrogens is 206 g/mol. The third kappa shape index (κ3) is 2.91. The van der Waals surface area contributed by atoms with Crippen LogP contribution in [0.5, 0.6) is 0 Å². The zero-order chi connectivity index (χ0) is 10.7. The van der Waals surface area contributed by atoms with Gasteiger partial charge in [0.15, 0.2) is 0 Å². The molecule has 0 radical (unpaired) electrons. The fraction of sp³-hybridized carbons (Fsp3) is 0.364. The summed E-state index contributed by atoms with van der Waals surface area (Å²) in [7, 11) is 1.92. The van der Waals surface area contributed by atoms with Gasteiger partial charge in [-0.3, -0.25) is 4.68 Å². The van der Waals surface area contributed by atoms with Crippen LogP contribution in [0.4, 0.5) is 0 Å². The molecule has 0 aliphatic heterocycles. The molecule has 0 aliphatic carbocycles. The van der Waals surface area contributed by atoms with Crippen molar-refractivity contribution in [1.82, 2.24) is 9.78 Å². The molecule has 4 heteroatoms. The van der Waals surface area contributed by atoms with Gasteiger partial charge in [0.25, 0.3) is 0 Å². The normalized spacial score (nSPS) is 12.9. The summed E-state index contributed by atoms with van der Waals surface area (Å²) in [5.41, 5.74) is 7.13. The van der Waals surface area contributed by atoms with Crippen LogP contribution in [-0.4, -0.2) is 15.8 Å². The van der Waals surface area contributed by atoms with E-state index in [2.05, 4.69) is 22.6 Å². The molecule has 3 nitrogen and oxygen atoms in total. The molecule has 0 aromatic carbocycles. The van der Waals surface area contributed by atoms with Gasteiger partial charge in [0.1, 0.15) is 0 Å². The zero-order valence-corrected chi connectivity index (χ0v) is 9.57. The Bertz CT molecular complexity index is 405. The molecule has 1 unspecified atom stereocenters. The quantitative estimate of drug-likeness (QED) is 0.852. The summed E-state index contributed by atoms with van der Waals surface area (Å²) in [6.07, 6.45) is 3.74. The van der Waals surface area contributed by atoms with Crippen LogP contribution in [0.2, 0.25) is 0 Å². The number of thiophene rings is 1. The Labute approximate surface area is 93.5 Å². The molecule has 0 spiro atoms. The van der Waals surface area contributed by atoms with Crippen molar-refractivity contribution in [2.24, 2.45) is 12.8 Å². The van der Waals surface area contributed by atoms with E-state index in [0.717, 1.165) is 18.5 Å². The molecule has 0 saturated carbocycles. The third-order valence-electron chi connectivity index (χ3n) is 2.28. The molecule has 2 N–H and O–H groups in total. The van der Waals surface area contributed by atoms with E-state index in [-0.39, 0.29) is 6.04 Å². The van der Waals surface area contributed by atoms with Crippen LogP contribution in [-0.2, 0) is 19.9 Å². The largest absolute Gasteiger partial charge is 0.327 e. The van der Waals surface area contributed by atoms with Crippen molar-refractivity contribution in [2.45, 2.75) is 18.9 Å². The first-order chi connectivity index (χ1) is 7.24. The Hall–Kier alpha value is -1.13. The lowest BCUT2D eigenvalue weighted by Crippen LogP contribution is -2.25. The Morgan fingerprint density at radius 2 is 2.33 bits per heavy atom.